The van der Waals surface area contributed by atoms with Gasteiger partial charge in [-0.25, -0.2) is 0 Å². The summed E-state index contributed by atoms with van der Waals surface area (Å²) in [6.07, 6.45) is 6.96. The fourth-order valence-electron chi connectivity index (χ4n) is 4.83. The van der Waals surface area contributed by atoms with E-state index in [1.807, 2.05) is 24.3 Å². The highest BCUT2D eigenvalue weighted by atomic mass is 35.5. The molecule has 1 aromatic rings. The van der Waals surface area contributed by atoms with Gasteiger partial charge in [0.15, 0.2) is 0 Å². The van der Waals surface area contributed by atoms with Crippen LogP contribution in [0.15, 0.2) is 58.1 Å². The molecule has 1 aliphatic heterocycles. The van der Waals surface area contributed by atoms with E-state index >= 15 is 0 Å². The van der Waals surface area contributed by atoms with Crippen LogP contribution in [0.4, 0.5) is 0 Å². The molecule has 1 fully saturated rings. The molecular formula is C21H20Cl3NO. The number of benzene rings is 1. The van der Waals surface area contributed by atoms with Crippen molar-refractivity contribution in [3.63, 3.8) is 0 Å². The highest BCUT2D eigenvalue weighted by Crippen LogP contribution is 2.52. The number of fused-ring (bicyclic) bond motifs is 1. The van der Waals surface area contributed by atoms with E-state index < -0.39 is 0 Å². The predicted octanol–water partition coefficient (Wildman–Crippen LogP) is 5.63. The summed E-state index contributed by atoms with van der Waals surface area (Å²) in [6, 6.07) is 8.01. The van der Waals surface area contributed by atoms with E-state index in [1.54, 1.807) is 0 Å². The second-order valence-corrected chi connectivity index (χ2v) is 8.72. The number of nitrogens with one attached hydrogen (secondary N) is 1. The average molecular weight is 409 g/mol. The van der Waals surface area contributed by atoms with Crippen LogP contribution in [0.5, 0.6) is 0 Å². The minimum absolute atomic E-state index is 0.0580. The van der Waals surface area contributed by atoms with Gasteiger partial charge in [-0.15, -0.1) is 0 Å². The molecule has 1 N–H and O–H groups in total. The van der Waals surface area contributed by atoms with Crippen LogP contribution < -0.4 is 5.32 Å². The summed E-state index contributed by atoms with van der Waals surface area (Å²) in [5, 5.41) is 5.26. The van der Waals surface area contributed by atoms with E-state index in [9.17, 15) is 4.79 Å². The Labute approximate surface area is 168 Å². The quantitative estimate of drug-likeness (QED) is 0.632. The number of rotatable bonds is 2. The maximum Gasteiger partial charge on any atom is 0.227 e. The van der Waals surface area contributed by atoms with E-state index in [0.717, 1.165) is 22.0 Å². The van der Waals surface area contributed by atoms with Crippen molar-refractivity contribution in [3.05, 3.63) is 68.7 Å². The van der Waals surface area contributed by atoms with E-state index in [1.165, 1.54) is 5.56 Å². The number of halogens is 3. The first-order valence-electron chi connectivity index (χ1n) is 8.90. The molecule has 3 aliphatic rings. The highest BCUT2D eigenvalue weighted by molar-refractivity contribution is 6.35. The van der Waals surface area contributed by atoms with Gasteiger partial charge < -0.3 is 5.32 Å². The van der Waals surface area contributed by atoms with Crippen molar-refractivity contribution in [1.82, 2.24) is 5.32 Å². The van der Waals surface area contributed by atoms with Crippen molar-refractivity contribution in [3.8, 4) is 0 Å². The summed E-state index contributed by atoms with van der Waals surface area (Å²) in [6.45, 7) is 2.76. The number of hydrogen-bond donors (Lipinski definition) is 1. The fourth-order valence-corrected chi connectivity index (χ4v) is 5.57. The molecule has 136 valence electrons. The van der Waals surface area contributed by atoms with Crippen molar-refractivity contribution in [2.75, 3.05) is 6.54 Å². The Morgan fingerprint density at radius 2 is 1.85 bits per heavy atom. The minimum atomic E-state index is -0.0580. The molecule has 0 bridgehead atoms. The molecule has 0 radical (unpaired) electrons. The van der Waals surface area contributed by atoms with Crippen molar-refractivity contribution < 1.29 is 4.79 Å². The lowest BCUT2D eigenvalue weighted by Crippen LogP contribution is -2.36. The summed E-state index contributed by atoms with van der Waals surface area (Å²) in [4.78, 5) is 12.4. The summed E-state index contributed by atoms with van der Waals surface area (Å²) in [7, 11) is 0. The lowest BCUT2D eigenvalue weighted by molar-refractivity contribution is -0.122. The summed E-state index contributed by atoms with van der Waals surface area (Å²) in [5.41, 5.74) is 2.35. The Balaban J connectivity index is 1.79. The van der Waals surface area contributed by atoms with Crippen molar-refractivity contribution in [1.29, 1.82) is 0 Å². The maximum atomic E-state index is 12.4. The number of carbonyl (C=O) groups excluding carboxylic acids is 1. The second-order valence-electron chi connectivity index (χ2n) is 7.41. The molecule has 5 heteroatoms. The molecule has 0 saturated carbocycles. The minimum Gasteiger partial charge on any atom is -0.355 e. The van der Waals surface area contributed by atoms with Crippen molar-refractivity contribution in [2.24, 2.45) is 23.7 Å². The summed E-state index contributed by atoms with van der Waals surface area (Å²) in [5.74, 6) is 0.898. The molecule has 4 rings (SSSR count). The molecule has 2 aliphatic carbocycles. The number of hydrogen-bond acceptors (Lipinski definition) is 1. The van der Waals surface area contributed by atoms with Crippen LogP contribution >= 0.6 is 34.8 Å². The normalized spacial score (nSPS) is 33.8. The smallest absolute Gasteiger partial charge is 0.227 e. The standard InChI is InChI=1S/C21H20Cl3NO/c1-11-8-16(15-7-6-14(23)9-18(15)24)20(12-2-4-13(22)5-3-12)17-10-25-21(26)19(11)17/h2-6,8-9,15-17,19-20H,7,10H2,1H3,(H,25,26)/t15?,16-,17-,19-,20+/m1/s1. The SMILES string of the molecule is CC1=C[C@H](C2CC=C(Cl)C=C2Cl)[C@H](c2ccc(Cl)cc2)[C@@H]2CNC(=O)[C@H]12. The zero-order chi connectivity index (χ0) is 18.4. The molecule has 1 amide bonds. The number of allylic oxidation sites excluding steroid dienone is 5. The first-order valence-corrected chi connectivity index (χ1v) is 10.0. The third-order valence-corrected chi connectivity index (χ3v) is 6.87. The second kappa shape index (κ2) is 7.07. The van der Waals surface area contributed by atoms with Gasteiger partial charge in [0.1, 0.15) is 0 Å². The van der Waals surface area contributed by atoms with Gasteiger partial charge in [0.05, 0.1) is 5.92 Å². The summed E-state index contributed by atoms with van der Waals surface area (Å²) < 4.78 is 0. The van der Waals surface area contributed by atoms with Gasteiger partial charge in [0.25, 0.3) is 0 Å². The number of carbonyl (C=O) groups is 1. The van der Waals surface area contributed by atoms with Crippen LogP contribution in [0.3, 0.4) is 0 Å². The molecule has 2 nitrogen and oxygen atoms in total. The van der Waals surface area contributed by atoms with Crippen LogP contribution in [-0.4, -0.2) is 12.5 Å². The fraction of sp³-hybridized carbons (Fsp3) is 0.381. The highest BCUT2D eigenvalue weighted by Gasteiger charge is 2.48. The summed E-state index contributed by atoms with van der Waals surface area (Å²) >= 11 is 18.9. The van der Waals surface area contributed by atoms with Crippen molar-refractivity contribution in [2.45, 2.75) is 19.3 Å². The largest absolute Gasteiger partial charge is 0.355 e. The van der Waals surface area contributed by atoms with Crippen LogP contribution in [0.25, 0.3) is 0 Å². The first kappa shape index (κ1) is 18.2. The Morgan fingerprint density at radius 3 is 2.54 bits per heavy atom. The molecule has 0 aromatic heterocycles. The molecule has 1 saturated heterocycles. The monoisotopic (exact) mass is 407 g/mol. The lowest BCUT2D eigenvalue weighted by Gasteiger charge is -2.41. The lowest BCUT2D eigenvalue weighted by atomic mass is 9.62. The Kier molecular flexibility index (Phi) is 4.94. The molecule has 1 aromatic carbocycles. The molecule has 0 spiro atoms. The Hall–Kier alpha value is -1.22. The number of amides is 1. The maximum absolute atomic E-state index is 12.4. The van der Waals surface area contributed by atoms with Gasteiger partial charge in [0.2, 0.25) is 5.91 Å². The first-order chi connectivity index (χ1) is 12.5. The van der Waals surface area contributed by atoms with Crippen molar-refractivity contribution >= 4 is 40.7 Å². The van der Waals surface area contributed by atoms with Crippen LogP contribution in [-0.2, 0) is 4.79 Å². The Bertz CT molecular complexity index is 824. The van der Waals surface area contributed by atoms with Gasteiger partial charge in [-0.3, -0.25) is 4.79 Å². The molecule has 5 atom stereocenters. The average Bonchev–Trinajstić information content (AvgIpc) is 2.98. The van der Waals surface area contributed by atoms with Gasteiger partial charge >= 0.3 is 0 Å². The van der Waals surface area contributed by atoms with E-state index in [0.29, 0.717) is 11.6 Å². The zero-order valence-electron chi connectivity index (χ0n) is 14.4. The predicted molar refractivity (Wildman–Crippen MR) is 107 cm³/mol. The van der Waals surface area contributed by atoms with Gasteiger partial charge in [-0.1, -0.05) is 64.7 Å². The van der Waals surface area contributed by atoms with Crippen LogP contribution in [0, 0.1) is 23.7 Å². The van der Waals surface area contributed by atoms with Gasteiger partial charge in [-0.05, 0) is 54.9 Å². The van der Waals surface area contributed by atoms with Crippen LogP contribution in [0.2, 0.25) is 5.02 Å². The topological polar surface area (TPSA) is 29.1 Å². The van der Waals surface area contributed by atoms with E-state index in [-0.39, 0.29) is 35.5 Å². The third-order valence-electron chi connectivity index (χ3n) is 5.96. The van der Waals surface area contributed by atoms with Gasteiger partial charge in [-0.2, -0.15) is 0 Å². The van der Waals surface area contributed by atoms with Crippen LogP contribution in [0.1, 0.15) is 24.8 Å². The molecule has 1 heterocycles. The van der Waals surface area contributed by atoms with E-state index in [4.69, 9.17) is 34.8 Å². The zero-order valence-corrected chi connectivity index (χ0v) is 16.7. The van der Waals surface area contributed by atoms with E-state index in [2.05, 4.69) is 30.4 Å². The molecule has 26 heavy (non-hydrogen) atoms. The third kappa shape index (κ3) is 3.13. The Morgan fingerprint density at radius 1 is 1.12 bits per heavy atom. The molecular weight excluding hydrogens is 389 g/mol. The van der Waals surface area contributed by atoms with Gasteiger partial charge in [0, 0.05) is 27.5 Å². The molecule has 1 unspecified atom stereocenters.